The molecule has 0 aromatic heterocycles. The highest BCUT2D eigenvalue weighted by Crippen LogP contribution is 2.00. The molecular weight excluding hydrogens is 134 g/mol. The van der Waals surface area contributed by atoms with E-state index in [1.54, 1.807) is 0 Å². The Kier molecular flexibility index (Phi) is 3.79. The van der Waals surface area contributed by atoms with Crippen molar-refractivity contribution in [1.29, 1.82) is 0 Å². The first-order chi connectivity index (χ1) is 4.72. The number of allylic oxidation sites excluding steroid dienone is 1. The molecule has 0 aliphatic carbocycles. The lowest BCUT2D eigenvalue weighted by molar-refractivity contribution is -0.139. The highest BCUT2D eigenvalue weighted by Gasteiger charge is 2.05. The Bertz CT molecular complexity index is 154. The lowest BCUT2D eigenvalue weighted by Crippen LogP contribution is -2.01. The maximum Gasteiger partial charge on any atom is 0.365 e. The minimum atomic E-state index is -0.810. The summed E-state index contributed by atoms with van der Waals surface area (Å²) in [4.78, 5) is 23.6. The Morgan fingerprint density at radius 1 is 1.70 bits per heavy atom. The van der Waals surface area contributed by atoms with Crippen molar-refractivity contribution in [2.45, 2.75) is 6.42 Å². The van der Waals surface area contributed by atoms with Gasteiger partial charge in [-0.25, -0.2) is 4.79 Å². The molecule has 0 amide bonds. The minimum Gasteiger partial charge on any atom is -0.279 e. The molecule has 0 fully saturated rings. The summed E-state index contributed by atoms with van der Waals surface area (Å²) in [6, 6.07) is 0. The molecule has 4 nitrogen and oxygen atoms in total. The van der Waals surface area contributed by atoms with Crippen LogP contribution in [0, 0.1) is 4.91 Å². The van der Waals surface area contributed by atoms with Gasteiger partial charge in [0.25, 0.3) is 0 Å². The quantitative estimate of drug-likeness (QED) is 0.257. The molecule has 0 aliphatic rings. The highest BCUT2D eigenvalue weighted by molar-refractivity contribution is 5.87. The van der Waals surface area contributed by atoms with Crippen molar-refractivity contribution in [2.24, 2.45) is 5.34 Å². The maximum atomic E-state index is 10.5. The van der Waals surface area contributed by atoms with Gasteiger partial charge in [-0.1, -0.05) is 12.7 Å². The van der Waals surface area contributed by atoms with Crippen LogP contribution in [0.5, 0.6) is 0 Å². The third kappa shape index (κ3) is 2.76. The van der Waals surface area contributed by atoms with E-state index in [1.165, 1.54) is 6.08 Å². The number of hydrogen-bond acceptors (Lipinski definition) is 4. The molecule has 54 valence electrons. The normalized spacial score (nSPS) is 8.00. The van der Waals surface area contributed by atoms with E-state index in [9.17, 15) is 9.70 Å². The van der Waals surface area contributed by atoms with Gasteiger partial charge in [0.15, 0.2) is 5.34 Å². The number of nitrogens with zero attached hydrogens (tertiary/aromatic N) is 1. The average Bonchev–Trinajstić information content (AvgIpc) is 1.89. The number of hydrogen-bond donors (Lipinski definition) is 0. The Hall–Kier alpha value is -1.45. The summed E-state index contributed by atoms with van der Waals surface area (Å²) in [5, 5.41) is 1.94. The smallest absolute Gasteiger partial charge is 0.279 e. The van der Waals surface area contributed by atoms with Crippen LogP contribution in [0.3, 0.4) is 0 Å². The van der Waals surface area contributed by atoms with Crippen LogP contribution < -0.4 is 0 Å². The molecule has 0 aromatic rings. The molecule has 0 saturated carbocycles. The lowest BCUT2D eigenvalue weighted by Gasteiger charge is -1.93. The van der Waals surface area contributed by atoms with E-state index < -0.39 is 5.97 Å². The van der Waals surface area contributed by atoms with Gasteiger partial charge in [-0.15, -0.1) is 11.5 Å². The zero-order valence-electron chi connectivity index (χ0n) is 5.37. The topological polar surface area (TPSA) is 55.7 Å². The number of carbonyl (C=O) groups excluding carboxylic acids is 1. The second-order valence-electron chi connectivity index (χ2n) is 1.55. The molecule has 0 N–H and O–H groups in total. The Morgan fingerprint density at radius 3 is 2.70 bits per heavy atom. The van der Waals surface area contributed by atoms with Crippen molar-refractivity contribution in [1.82, 2.24) is 0 Å². The van der Waals surface area contributed by atoms with Crippen LogP contribution in [0.25, 0.3) is 0 Å². The first-order valence-electron chi connectivity index (χ1n) is 2.55. The van der Waals surface area contributed by atoms with E-state index >= 15 is 0 Å². The van der Waals surface area contributed by atoms with Gasteiger partial charge >= 0.3 is 5.97 Å². The molecule has 0 atom stereocenters. The molecule has 0 heterocycles. The van der Waals surface area contributed by atoms with Gasteiger partial charge in [-0.05, 0) is 6.42 Å². The fraction of sp³-hybridized carbons (Fsp3) is 0.167. The summed E-state index contributed by atoms with van der Waals surface area (Å²) in [6.45, 7) is 6.68. The van der Waals surface area contributed by atoms with Gasteiger partial charge in [-0.3, -0.25) is 4.84 Å². The van der Waals surface area contributed by atoms with Crippen LogP contribution >= 0.6 is 0 Å². The SMILES string of the molecule is C=CCC(=C)C(=O)ON=O. The largest absolute Gasteiger partial charge is 0.365 e. The highest BCUT2D eigenvalue weighted by atomic mass is 16.7. The van der Waals surface area contributed by atoms with Gasteiger partial charge < -0.3 is 0 Å². The monoisotopic (exact) mass is 141 g/mol. The zero-order chi connectivity index (χ0) is 7.98. The average molecular weight is 141 g/mol. The van der Waals surface area contributed by atoms with Crippen LogP contribution in [-0.4, -0.2) is 5.97 Å². The van der Waals surface area contributed by atoms with E-state index in [-0.39, 0.29) is 5.57 Å². The van der Waals surface area contributed by atoms with Crippen LogP contribution in [-0.2, 0) is 9.63 Å². The van der Waals surface area contributed by atoms with Crippen molar-refractivity contribution in [3.63, 3.8) is 0 Å². The molecule has 10 heavy (non-hydrogen) atoms. The van der Waals surface area contributed by atoms with E-state index in [4.69, 9.17) is 0 Å². The Labute approximate surface area is 58.1 Å². The van der Waals surface area contributed by atoms with Crippen molar-refractivity contribution in [3.8, 4) is 0 Å². The van der Waals surface area contributed by atoms with Gasteiger partial charge in [0.2, 0.25) is 0 Å². The fourth-order valence-electron chi connectivity index (χ4n) is 0.356. The van der Waals surface area contributed by atoms with Crippen LogP contribution in [0.4, 0.5) is 0 Å². The second-order valence-corrected chi connectivity index (χ2v) is 1.55. The molecule has 0 spiro atoms. The lowest BCUT2D eigenvalue weighted by atomic mass is 10.2. The molecule has 0 unspecified atom stereocenters. The summed E-state index contributed by atoms with van der Waals surface area (Å²) in [6.07, 6.45) is 1.78. The molecule has 4 heteroatoms. The summed E-state index contributed by atoms with van der Waals surface area (Å²) in [7, 11) is 0. The van der Waals surface area contributed by atoms with E-state index in [2.05, 4.69) is 18.0 Å². The summed E-state index contributed by atoms with van der Waals surface area (Å²) >= 11 is 0. The second kappa shape index (κ2) is 4.43. The van der Waals surface area contributed by atoms with Gasteiger partial charge in [0.1, 0.15) is 0 Å². The van der Waals surface area contributed by atoms with E-state index in [0.717, 1.165) is 0 Å². The molecule has 0 rings (SSSR count). The summed E-state index contributed by atoms with van der Waals surface area (Å²) < 4.78 is 0. The molecule has 0 saturated heterocycles. The van der Waals surface area contributed by atoms with Crippen molar-refractivity contribution < 1.29 is 9.63 Å². The molecule has 0 aromatic carbocycles. The number of carbonyl (C=O) groups is 1. The summed E-state index contributed by atoms with van der Waals surface area (Å²) in [5.41, 5.74) is 0.162. The van der Waals surface area contributed by atoms with Crippen molar-refractivity contribution in [2.75, 3.05) is 0 Å². The third-order valence-corrected chi connectivity index (χ3v) is 0.800. The van der Waals surface area contributed by atoms with Crippen molar-refractivity contribution in [3.05, 3.63) is 29.7 Å². The van der Waals surface area contributed by atoms with Crippen LogP contribution in [0.15, 0.2) is 30.1 Å². The predicted octanol–water partition coefficient (Wildman–Crippen LogP) is 1.34. The first kappa shape index (κ1) is 8.55. The molecular formula is C6H7NO3. The van der Waals surface area contributed by atoms with Gasteiger partial charge in [0, 0.05) is 5.57 Å². The van der Waals surface area contributed by atoms with Gasteiger partial charge in [-0.2, -0.15) is 0 Å². The third-order valence-electron chi connectivity index (χ3n) is 0.800. The Morgan fingerprint density at radius 2 is 2.30 bits per heavy atom. The Balaban J connectivity index is 3.81. The van der Waals surface area contributed by atoms with Gasteiger partial charge in [0.05, 0.1) is 0 Å². The standard InChI is InChI=1S/C6H7NO3/c1-3-4-5(2)6(8)10-7-9/h3H,1-2,4H2. The molecule has 0 bridgehead atoms. The first-order valence-corrected chi connectivity index (χ1v) is 2.55. The van der Waals surface area contributed by atoms with Crippen LogP contribution in [0.2, 0.25) is 0 Å². The molecule has 0 radical (unpaired) electrons. The maximum absolute atomic E-state index is 10.5. The zero-order valence-corrected chi connectivity index (χ0v) is 5.37. The molecule has 0 aliphatic heterocycles. The fourth-order valence-corrected chi connectivity index (χ4v) is 0.356. The van der Waals surface area contributed by atoms with E-state index in [1.807, 2.05) is 5.34 Å². The predicted molar refractivity (Wildman–Crippen MR) is 35.8 cm³/mol. The number of rotatable bonds is 4. The summed E-state index contributed by atoms with van der Waals surface area (Å²) in [5.74, 6) is -0.810. The minimum absolute atomic E-state index is 0.162. The van der Waals surface area contributed by atoms with Crippen molar-refractivity contribution >= 4 is 5.97 Å². The van der Waals surface area contributed by atoms with Crippen LogP contribution in [0.1, 0.15) is 6.42 Å². The van der Waals surface area contributed by atoms with E-state index in [0.29, 0.717) is 6.42 Å².